The van der Waals surface area contributed by atoms with Crippen LogP contribution in [0.4, 0.5) is 0 Å². The molecule has 0 saturated carbocycles. The molecule has 1 aromatic heterocycles. The fraction of sp³-hybridized carbons (Fsp3) is 0.286. The van der Waals surface area contributed by atoms with Crippen LogP contribution in [0.1, 0.15) is 11.3 Å². The first kappa shape index (κ1) is 9.39. The molecule has 0 aliphatic heterocycles. The lowest BCUT2D eigenvalue weighted by atomic mass is 10.3. The van der Waals surface area contributed by atoms with Gasteiger partial charge in [0.25, 0.3) is 0 Å². The highest BCUT2D eigenvalue weighted by Crippen LogP contribution is 2.38. The van der Waals surface area contributed by atoms with E-state index in [0.29, 0.717) is 5.56 Å². The molecule has 2 N–H and O–H groups in total. The van der Waals surface area contributed by atoms with Crippen molar-refractivity contribution in [2.45, 2.75) is 13.1 Å². The molecule has 0 spiro atoms. The van der Waals surface area contributed by atoms with Crippen LogP contribution < -0.4 is 0 Å². The number of aromatic nitrogens is 1. The van der Waals surface area contributed by atoms with Crippen LogP contribution in [0.3, 0.4) is 0 Å². The van der Waals surface area contributed by atoms with Gasteiger partial charge in [0.2, 0.25) is 0 Å². The van der Waals surface area contributed by atoms with Crippen molar-refractivity contribution < 1.29 is 14.4 Å². The van der Waals surface area contributed by atoms with Crippen LogP contribution in [0.15, 0.2) is 18.3 Å². The van der Waals surface area contributed by atoms with E-state index >= 15 is 0 Å². The summed E-state index contributed by atoms with van der Waals surface area (Å²) in [7, 11) is -3.94. The minimum absolute atomic E-state index is 0.236. The molecule has 66 valence electrons. The smallest absolute Gasteiger partial charge is 0.324 e. The van der Waals surface area contributed by atoms with Crippen LogP contribution in [0, 0.1) is 6.92 Å². The van der Waals surface area contributed by atoms with Gasteiger partial charge >= 0.3 is 7.60 Å². The summed E-state index contributed by atoms with van der Waals surface area (Å²) in [5.74, 6) is 0. The minimum Gasteiger partial charge on any atom is -0.324 e. The normalized spacial score (nSPS) is 11.6. The van der Waals surface area contributed by atoms with Gasteiger partial charge in [-0.2, -0.15) is 0 Å². The van der Waals surface area contributed by atoms with Crippen molar-refractivity contribution in [3.8, 4) is 0 Å². The third-order valence-electron chi connectivity index (χ3n) is 1.36. The summed E-state index contributed by atoms with van der Waals surface area (Å²) < 4.78 is 10.6. The standard InChI is InChI=1S/C7H10NO3P/c1-6-2-3-7(4-8-6)5-12(9,10)11/h2-4H,5H2,1H3,(H2,9,10,11). The highest BCUT2D eigenvalue weighted by Gasteiger charge is 2.13. The van der Waals surface area contributed by atoms with Crippen molar-refractivity contribution in [1.29, 1.82) is 0 Å². The molecule has 4 nitrogen and oxygen atoms in total. The Bertz CT molecular complexity index is 303. The van der Waals surface area contributed by atoms with Gasteiger partial charge in [-0.1, -0.05) is 6.07 Å². The summed E-state index contributed by atoms with van der Waals surface area (Å²) in [4.78, 5) is 21.2. The van der Waals surface area contributed by atoms with E-state index in [-0.39, 0.29) is 6.16 Å². The van der Waals surface area contributed by atoms with Gasteiger partial charge in [0.05, 0.1) is 6.16 Å². The van der Waals surface area contributed by atoms with E-state index in [2.05, 4.69) is 4.98 Å². The molecule has 0 saturated heterocycles. The van der Waals surface area contributed by atoms with Crippen LogP contribution in [0.25, 0.3) is 0 Å². The molecule has 0 unspecified atom stereocenters. The zero-order valence-corrected chi connectivity index (χ0v) is 7.53. The number of pyridine rings is 1. The predicted octanol–water partition coefficient (Wildman–Crippen LogP) is 1.07. The molecule has 5 heteroatoms. The van der Waals surface area contributed by atoms with Gasteiger partial charge in [-0.25, -0.2) is 0 Å². The minimum atomic E-state index is -3.94. The van der Waals surface area contributed by atoms with Crippen molar-refractivity contribution in [3.05, 3.63) is 29.6 Å². The Morgan fingerprint density at radius 2 is 2.17 bits per heavy atom. The fourth-order valence-electron chi connectivity index (χ4n) is 0.830. The van der Waals surface area contributed by atoms with Crippen molar-refractivity contribution in [3.63, 3.8) is 0 Å². The second kappa shape index (κ2) is 3.35. The molecular formula is C7H10NO3P. The molecule has 0 bridgehead atoms. The van der Waals surface area contributed by atoms with Crippen LogP contribution in [-0.4, -0.2) is 14.8 Å². The number of hydrogen-bond donors (Lipinski definition) is 2. The van der Waals surface area contributed by atoms with Gasteiger partial charge in [0.1, 0.15) is 0 Å². The molecular weight excluding hydrogens is 177 g/mol. The van der Waals surface area contributed by atoms with E-state index in [9.17, 15) is 4.57 Å². The molecule has 1 aromatic rings. The van der Waals surface area contributed by atoms with Crippen LogP contribution in [0.5, 0.6) is 0 Å². The Hall–Kier alpha value is -0.700. The average molecular weight is 187 g/mol. The zero-order valence-electron chi connectivity index (χ0n) is 6.64. The van der Waals surface area contributed by atoms with Gasteiger partial charge < -0.3 is 9.79 Å². The predicted molar refractivity (Wildman–Crippen MR) is 44.7 cm³/mol. The van der Waals surface area contributed by atoms with Crippen LogP contribution >= 0.6 is 7.60 Å². The largest absolute Gasteiger partial charge is 0.329 e. The maximum atomic E-state index is 10.6. The fourth-order valence-corrected chi connectivity index (χ4v) is 1.49. The van der Waals surface area contributed by atoms with Gasteiger partial charge in [0.15, 0.2) is 0 Å². The summed E-state index contributed by atoms with van der Waals surface area (Å²) >= 11 is 0. The molecule has 0 radical (unpaired) electrons. The highest BCUT2D eigenvalue weighted by molar-refractivity contribution is 7.50. The Kier molecular flexibility index (Phi) is 2.62. The molecule has 0 amide bonds. The lowest BCUT2D eigenvalue weighted by Crippen LogP contribution is -1.89. The molecule has 0 fully saturated rings. The molecule has 1 heterocycles. The second-order valence-electron chi connectivity index (χ2n) is 2.63. The third-order valence-corrected chi connectivity index (χ3v) is 2.14. The van der Waals surface area contributed by atoms with Crippen molar-refractivity contribution in [1.82, 2.24) is 4.98 Å². The highest BCUT2D eigenvalue weighted by atomic mass is 31.2. The Morgan fingerprint density at radius 1 is 1.50 bits per heavy atom. The molecule has 1 rings (SSSR count). The van der Waals surface area contributed by atoms with Crippen LogP contribution in [0.2, 0.25) is 0 Å². The number of hydrogen-bond acceptors (Lipinski definition) is 2. The molecule has 0 aromatic carbocycles. The van der Waals surface area contributed by atoms with E-state index in [4.69, 9.17) is 9.79 Å². The summed E-state index contributed by atoms with van der Waals surface area (Å²) in [5, 5.41) is 0. The second-order valence-corrected chi connectivity index (χ2v) is 4.28. The van der Waals surface area contributed by atoms with E-state index < -0.39 is 7.60 Å². The molecule has 0 aliphatic carbocycles. The van der Waals surface area contributed by atoms with Gasteiger partial charge in [-0.05, 0) is 18.6 Å². The number of rotatable bonds is 2. The van der Waals surface area contributed by atoms with E-state index in [0.717, 1.165) is 5.69 Å². The van der Waals surface area contributed by atoms with Crippen LogP contribution in [-0.2, 0) is 10.7 Å². The first-order valence-corrected chi connectivity index (χ1v) is 5.23. The summed E-state index contributed by atoms with van der Waals surface area (Å²) in [6, 6.07) is 3.40. The van der Waals surface area contributed by atoms with Gasteiger partial charge in [-0.3, -0.25) is 9.55 Å². The van der Waals surface area contributed by atoms with Crippen molar-refractivity contribution in [2.24, 2.45) is 0 Å². The monoisotopic (exact) mass is 187 g/mol. The zero-order chi connectivity index (χ0) is 9.19. The summed E-state index contributed by atoms with van der Waals surface area (Å²) in [5.41, 5.74) is 1.40. The molecule has 12 heavy (non-hydrogen) atoms. The summed E-state index contributed by atoms with van der Waals surface area (Å²) in [6.07, 6.45) is 1.24. The van der Waals surface area contributed by atoms with Crippen molar-refractivity contribution in [2.75, 3.05) is 0 Å². The van der Waals surface area contributed by atoms with Gasteiger partial charge in [-0.15, -0.1) is 0 Å². The lowest BCUT2D eigenvalue weighted by Gasteiger charge is -2.02. The SMILES string of the molecule is Cc1ccc(CP(=O)(O)O)cn1. The quantitative estimate of drug-likeness (QED) is 0.679. The van der Waals surface area contributed by atoms with E-state index in [1.165, 1.54) is 6.20 Å². The maximum Gasteiger partial charge on any atom is 0.329 e. The summed E-state index contributed by atoms with van der Waals surface area (Å²) in [6.45, 7) is 1.82. The average Bonchev–Trinajstić information content (AvgIpc) is 1.91. The van der Waals surface area contributed by atoms with Crippen molar-refractivity contribution >= 4 is 7.60 Å². The third kappa shape index (κ3) is 3.13. The van der Waals surface area contributed by atoms with E-state index in [1.54, 1.807) is 12.1 Å². The Morgan fingerprint density at radius 3 is 2.58 bits per heavy atom. The van der Waals surface area contributed by atoms with E-state index in [1.807, 2.05) is 6.92 Å². The first-order chi connectivity index (χ1) is 5.47. The lowest BCUT2D eigenvalue weighted by molar-refractivity contribution is 0.371. The maximum absolute atomic E-state index is 10.6. The Balaban J connectivity index is 2.78. The Labute approximate surface area is 70.4 Å². The first-order valence-electron chi connectivity index (χ1n) is 3.43. The molecule has 0 aliphatic rings. The van der Waals surface area contributed by atoms with Gasteiger partial charge in [0, 0.05) is 11.9 Å². The number of nitrogens with zero attached hydrogens (tertiary/aromatic N) is 1. The molecule has 0 atom stereocenters. The number of aryl methyl sites for hydroxylation is 1. The topological polar surface area (TPSA) is 70.4 Å².